The monoisotopic (exact) mass is 415 g/mol. The van der Waals surface area contributed by atoms with Gasteiger partial charge in [0.05, 0.1) is 18.9 Å². The second-order valence-corrected chi connectivity index (χ2v) is 7.48. The van der Waals surface area contributed by atoms with Crippen LogP contribution in [-0.2, 0) is 9.59 Å². The van der Waals surface area contributed by atoms with Crippen molar-refractivity contribution >= 4 is 29.4 Å². The molecule has 0 radical (unpaired) electrons. The second-order valence-electron chi connectivity index (χ2n) is 6.65. The summed E-state index contributed by atoms with van der Waals surface area (Å²) < 4.78 is 5.60. The number of thioether (sulfide) groups is 1. The first-order valence-corrected chi connectivity index (χ1v) is 10.8. The summed E-state index contributed by atoms with van der Waals surface area (Å²) in [5.41, 5.74) is 5.52. The summed E-state index contributed by atoms with van der Waals surface area (Å²) in [6.07, 6.45) is 5.20. The van der Waals surface area contributed by atoms with Crippen LogP contribution in [0.1, 0.15) is 19.3 Å². The van der Waals surface area contributed by atoms with Crippen LogP contribution in [0.15, 0.2) is 47.8 Å². The first kappa shape index (κ1) is 20.9. The van der Waals surface area contributed by atoms with Gasteiger partial charge in [0.15, 0.2) is 0 Å². The van der Waals surface area contributed by atoms with Crippen LogP contribution in [0.2, 0.25) is 0 Å². The number of nitrogens with one attached hydrogen (secondary N) is 2. The van der Waals surface area contributed by atoms with Crippen molar-refractivity contribution in [1.82, 2.24) is 20.3 Å². The van der Waals surface area contributed by atoms with E-state index < -0.39 is 0 Å². The fourth-order valence-corrected chi connectivity index (χ4v) is 3.48. The predicted molar refractivity (Wildman–Crippen MR) is 111 cm³/mol. The second kappa shape index (κ2) is 10.7. The smallest absolute Gasteiger partial charge is 0.243 e. The molecule has 1 aliphatic heterocycles. The first-order valence-electron chi connectivity index (χ1n) is 9.53. The Hall–Kier alpha value is -2.81. The van der Waals surface area contributed by atoms with Crippen molar-refractivity contribution in [3.05, 3.63) is 42.7 Å². The molecule has 3 rings (SSSR count). The Morgan fingerprint density at radius 1 is 1.28 bits per heavy atom. The number of rotatable bonds is 8. The Morgan fingerprint density at radius 3 is 2.90 bits per heavy atom. The number of amides is 2. The number of carbonyl (C=O) groups is 2. The number of likely N-dealkylation sites (tertiary alicyclic amines) is 1. The number of aromatic nitrogens is 2. The Labute approximate surface area is 174 Å². The average Bonchev–Trinajstić information content (AvgIpc) is 2.78. The molecule has 1 aromatic carbocycles. The molecule has 1 aromatic heterocycles. The van der Waals surface area contributed by atoms with Crippen LogP contribution in [0.4, 0.5) is 5.82 Å². The molecule has 1 aliphatic rings. The van der Waals surface area contributed by atoms with E-state index in [1.165, 1.54) is 18.1 Å². The number of benzene rings is 1. The fourth-order valence-electron chi connectivity index (χ4n) is 3.10. The highest BCUT2D eigenvalue weighted by Crippen LogP contribution is 2.18. The molecule has 2 heterocycles. The molecule has 0 bridgehead atoms. The summed E-state index contributed by atoms with van der Waals surface area (Å²) in [5, 5.41) is 0.809. The minimum Gasteiger partial charge on any atom is -0.493 e. The van der Waals surface area contributed by atoms with E-state index in [9.17, 15) is 9.59 Å². The van der Waals surface area contributed by atoms with Gasteiger partial charge in [-0.3, -0.25) is 20.4 Å². The molecule has 8 nitrogen and oxygen atoms in total. The zero-order chi connectivity index (χ0) is 20.5. The number of nitrogens with zero attached hydrogens (tertiary/aromatic N) is 3. The molecular formula is C20H25N5O3S. The fraction of sp³-hybridized carbons (Fsp3) is 0.400. The van der Waals surface area contributed by atoms with Crippen LogP contribution in [0.25, 0.3) is 0 Å². The quantitative estimate of drug-likeness (QED) is 0.388. The zero-order valence-corrected chi connectivity index (χ0v) is 17.2. The highest BCUT2D eigenvalue weighted by Gasteiger charge is 2.28. The number of anilines is 1. The lowest BCUT2D eigenvalue weighted by atomic mass is 9.97. The molecule has 1 fully saturated rings. The summed E-state index contributed by atoms with van der Waals surface area (Å²) >= 11 is 1.50. The van der Waals surface area contributed by atoms with E-state index in [1.54, 1.807) is 11.0 Å². The number of ether oxygens (including phenoxy) is 1. The van der Waals surface area contributed by atoms with Gasteiger partial charge in [-0.15, -0.1) is 11.8 Å². The van der Waals surface area contributed by atoms with E-state index in [-0.39, 0.29) is 17.7 Å². The van der Waals surface area contributed by atoms with Gasteiger partial charge >= 0.3 is 0 Å². The van der Waals surface area contributed by atoms with Gasteiger partial charge < -0.3 is 9.64 Å². The van der Waals surface area contributed by atoms with E-state index in [4.69, 9.17) is 4.74 Å². The third kappa shape index (κ3) is 6.35. The van der Waals surface area contributed by atoms with E-state index >= 15 is 0 Å². The summed E-state index contributed by atoms with van der Waals surface area (Å²) in [7, 11) is 0. The number of hydrogen-bond donors (Lipinski definition) is 2. The standard InChI is InChI=1S/C20H25N5O3S/c1-29-18-12-17(21-14-22-18)23-24-20(27)15-6-5-10-25(13-15)19(26)9-11-28-16-7-3-2-4-8-16/h2-4,7-8,12,14-15H,5-6,9-11,13H2,1H3,(H,24,27)(H,21,22,23)/t15-/m1/s1. The maximum absolute atomic E-state index is 12.5. The molecule has 1 atom stereocenters. The van der Waals surface area contributed by atoms with Crippen LogP contribution in [0.5, 0.6) is 5.75 Å². The molecule has 2 amide bonds. The van der Waals surface area contributed by atoms with Crippen molar-refractivity contribution in [2.45, 2.75) is 24.3 Å². The Balaban J connectivity index is 1.43. The minimum atomic E-state index is -0.253. The van der Waals surface area contributed by atoms with Gasteiger partial charge in [-0.2, -0.15) is 0 Å². The highest BCUT2D eigenvalue weighted by atomic mass is 32.2. The number of hydrazine groups is 1. The molecule has 0 unspecified atom stereocenters. The summed E-state index contributed by atoms with van der Waals surface area (Å²) in [5.74, 6) is 0.882. The average molecular weight is 416 g/mol. The van der Waals surface area contributed by atoms with Crippen molar-refractivity contribution in [3.8, 4) is 5.75 Å². The molecule has 0 spiro atoms. The zero-order valence-electron chi connectivity index (χ0n) is 16.3. The predicted octanol–water partition coefficient (Wildman–Crippen LogP) is 2.35. The van der Waals surface area contributed by atoms with Crippen LogP contribution in [0, 0.1) is 5.92 Å². The van der Waals surface area contributed by atoms with Gasteiger partial charge in [-0.1, -0.05) is 18.2 Å². The normalized spacial score (nSPS) is 16.2. The Bertz CT molecular complexity index is 821. The SMILES string of the molecule is CSc1cc(NNC(=O)[C@@H]2CCCN(C(=O)CCOc3ccccc3)C2)ncn1. The molecule has 154 valence electrons. The number of carbonyl (C=O) groups excluding carboxylic acids is 2. The van der Waals surface area contributed by atoms with Crippen molar-refractivity contribution < 1.29 is 14.3 Å². The van der Waals surface area contributed by atoms with E-state index in [2.05, 4.69) is 20.8 Å². The lowest BCUT2D eigenvalue weighted by Gasteiger charge is -2.32. The Morgan fingerprint density at radius 2 is 2.10 bits per heavy atom. The van der Waals surface area contributed by atoms with Crippen LogP contribution < -0.4 is 15.6 Å². The van der Waals surface area contributed by atoms with Gasteiger partial charge in [0.2, 0.25) is 11.8 Å². The summed E-state index contributed by atoms with van der Waals surface area (Å²) in [4.78, 5) is 34.9. The maximum Gasteiger partial charge on any atom is 0.243 e. The summed E-state index contributed by atoms with van der Waals surface area (Å²) in [6, 6.07) is 11.2. The largest absolute Gasteiger partial charge is 0.493 e. The van der Waals surface area contributed by atoms with Crippen LogP contribution in [0.3, 0.4) is 0 Å². The molecule has 2 N–H and O–H groups in total. The minimum absolute atomic E-state index is 0.00630. The lowest BCUT2D eigenvalue weighted by Crippen LogP contribution is -2.46. The van der Waals surface area contributed by atoms with Gasteiger partial charge in [0.1, 0.15) is 22.9 Å². The van der Waals surface area contributed by atoms with E-state index in [1.807, 2.05) is 36.6 Å². The highest BCUT2D eigenvalue weighted by molar-refractivity contribution is 7.98. The lowest BCUT2D eigenvalue weighted by molar-refractivity contribution is -0.136. The van der Waals surface area contributed by atoms with Gasteiger partial charge in [0.25, 0.3) is 0 Å². The third-order valence-corrected chi connectivity index (χ3v) is 5.28. The topological polar surface area (TPSA) is 96.5 Å². The van der Waals surface area contributed by atoms with Crippen LogP contribution in [-0.4, -0.2) is 52.6 Å². The van der Waals surface area contributed by atoms with Gasteiger partial charge in [0, 0.05) is 19.2 Å². The van der Waals surface area contributed by atoms with Crippen LogP contribution >= 0.6 is 11.8 Å². The van der Waals surface area contributed by atoms with Gasteiger partial charge in [-0.25, -0.2) is 9.97 Å². The van der Waals surface area contributed by atoms with Gasteiger partial charge in [-0.05, 0) is 31.2 Å². The van der Waals surface area contributed by atoms with E-state index in [0.29, 0.717) is 31.9 Å². The van der Waals surface area contributed by atoms with Crippen molar-refractivity contribution in [2.24, 2.45) is 5.92 Å². The molecular weight excluding hydrogens is 390 g/mol. The first-order chi connectivity index (χ1) is 14.2. The maximum atomic E-state index is 12.5. The van der Waals surface area contributed by atoms with Crippen molar-refractivity contribution in [1.29, 1.82) is 0 Å². The molecule has 2 aromatic rings. The summed E-state index contributed by atoms with van der Waals surface area (Å²) in [6.45, 7) is 1.41. The Kier molecular flexibility index (Phi) is 7.69. The molecule has 29 heavy (non-hydrogen) atoms. The third-order valence-electron chi connectivity index (χ3n) is 4.64. The number of piperidine rings is 1. The molecule has 9 heteroatoms. The molecule has 0 aliphatic carbocycles. The molecule has 0 saturated carbocycles. The van der Waals surface area contributed by atoms with Crippen molar-refractivity contribution in [3.63, 3.8) is 0 Å². The van der Waals surface area contributed by atoms with Crippen molar-refractivity contribution in [2.75, 3.05) is 31.4 Å². The number of hydrogen-bond acceptors (Lipinski definition) is 7. The number of para-hydroxylation sites is 1. The molecule has 1 saturated heterocycles. The van der Waals surface area contributed by atoms with E-state index in [0.717, 1.165) is 23.6 Å².